The van der Waals surface area contributed by atoms with Crippen molar-refractivity contribution in [1.82, 2.24) is 4.98 Å². The second-order valence-electron chi connectivity index (χ2n) is 4.84. The van der Waals surface area contributed by atoms with Gasteiger partial charge in [0.15, 0.2) is 6.10 Å². The number of hydrogen-bond acceptors (Lipinski definition) is 3. The molecule has 0 radical (unpaired) electrons. The molecule has 0 saturated heterocycles. The quantitative estimate of drug-likeness (QED) is 0.818. The van der Waals surface area contributed by atoms with Crippen molar-refractivity contribution in [2.45, 2.75) is 38.7 Å². The van der Waals surface area contributed by atoms with Crippen LogP contribution in [-0.2, 0) is 6.42 Å². The number of fused-ring (bicyclic) bond motifs is 1. The highest BCUT2D eigenvalue weighted by molar-refractivity contribution is 7.09. The fourth-order valence-electron chi connectivity index (χ4n) is 2.20. The Bertz CT molecular complexity index is 524. The topological polar surface area (TPSA) is 22.1 Å². The third-order valence-electron chi connectivity index (χ3n) is 3.58. The van der Waals surface area contributed by atoms with Crippen molar-refractivity contribution >= 4 is 11.3 Å². The number of aromatic nitrogens is 1. The van der Waals surface area contributed by atoms with E-state index in [2.05, 4.69) is 31.4 Å². The summed E-state index contributed by atoms with van der Waals surface area (Å²) in [7, 11) is 0. The number of nitrogens with zero attached hydrogens (tertiary/aromatic N) is 1. The van der Waals surface area contributed by atoms with E-state index in [4.69, 9.17) is 9.72 Å². The maximum absolute atomic E-state index is 5.97. The van der Waals surface area contributed by atoms with E-state index in [0.717, 1.165) is 23.6 Å². The molecule has 2 aromatic rings. The predicted molar refractivity (Wildman–Crippen MR) is 74.3 cm³/mol. The van der Waals surface area contributed by atoms with Gasteiger partial charge in [-0.25, -0.2) is 4.98 Å². The van der Waals surface area contributed by atoms with Gasteiger partial charge in [-0.15, -0.1) is 11.3 Å². The third-order valence-corrected chi connectivity index (χ3v) is 4.53. The summed E-state index contributed by atoms with van der Waals surface area (Å²) in [5, 5.41) is 3.29. The summed E-state index contributed by atoms with van der Waals surface area (Å²) in [4.78, 5) is 4.74. The highest BCUT2D eigenvalue weighted by Gasteiger charge is 2.26. The SMILES string of the molecule is CCC(C)c1csc(C2Cc3ccccc3O2)n1. The summed E-state index contributed by atoms with van der Waals surface area (Å²) < 4.78 is 5.97. The Morgan fingerprint density at radius 2 is 2.28 bits per heavy atom. The van der Waals surface area contributed by atoms with Crippen LogP contribution in [0.25, 0.3) is 0 Å². The minimum atomic E-state index is 0.116. The summed E-state index contributed by atoms with van der Waals surface area (Å²) in [5.41, 5.74) is 2.50. The molecule has 1 aromatic heterocycles. The average molecular weight is 259 g/mol. The van der Waals surface area contributed by atoms with E-state index < -0.39 is 0 Å². The van der Waals surface area contributed by atoms with E-state index in [-0.39, 0.29) is 6.10 Å². The van der Waals surface area contributed by atoms with Gasteiger partial charge in [-0.2, -0.15) is 0 Å². The van der Waals surface area contributed by atoms with Crippen LogP contribution < -0.4 is 4.74 Å². The minimum Gasteiger partial charge on any atom is -0.483 e. The fraction of sp³-hybridized carbons (Fsp3) is 0.400. The van der Waals surface area contributed by atoms with Crippen molar-refractivity contribution < 1.29 is 4.74 Å². The summed E-state index contributed by atoms with van der Waals surface area (Å²) in [5.74, 6) is 1.56. The summed E-state index contributed by atoms with van der Waals surface area (Å²) in [6.07, 6.45) is 2.20. The Balaban J connectivity index is 1.80. The molecule has 0 saturated carbocycles. The first-order valence-electron chi connectivity index (χ1n) is 6.47. The van der Waals surface area contributed by atoms with Crippen LogP contribution in [-0.4, -0.2) is 4.98 Å². The third kappa shape index (κ3) is 2.03. The lowest BCUT2D eigenvalue weighted by molar-refractivity contribution is 0.238. The number of thiazole rings is 1. The summed E-state index contributed by atoms with van der Waals surface area (Å²) in [6, 6.07) is 8.27. The van der Waals surface area contributed by atoms with Crippen LogP contribution in [0.5, 0.6) is 5.75 Å². The fourth-order valence-corrected chi connectivity index (χ4v) is 3.17. The van der Waals surface area contributed by atoms with Crippen molar-refractivity contribution in [1.29, 1.82) is 0 Å². The molecule has 0 spiro atoms. The Morgan fingerprint density at radius 3 is 3.06 bits per heavy atom. The van der Waals surface area contributed by atoms with Crippen LogP contribution in [0, 0.1) is 0 Å². The van der Waals surface area contributed by atoms with Crippen molar-refractivity contribution in [3.05, 3.63) is 45.9 Å². The van der Waals surface area contributed by atoms with E-state index >= 15 is 0 Å². The van der Waals surface area contributed by atoms with Gasteiger partial charge in [-0.1, -0.05) is 32.0 Å². The van der Waals surface area contributed by atoms with Gasteiger partial charge in [0, 0.05) is 11.8 Å². The van der Waals surface area contributed by atoms with Crippen molar-refractivity contribution in [2.24, 2.45) is 0 Å². The lowest BCUT2D eigenvalue weighted by Crippen LogP contribution is -2.03. The molecule has 0 N–H and O–H groups in total. The molecule has 0 aliphatic carbocycles. The van der Waals surface area contributed by atoms with E-state index in [1.165, 1.54) is 11.3 Å². The molecule has 1 aromatic carbocycles. The van der Waals surface area contributed by atoms with E-state index in [9.17, 15) is 0 Å². The number of rotatable bonds is 3. The van der Waals surface area contributed by atoms with Crippen molar-refractivity contribution in [2.75, 3.05) is 0 Å². The molecule has 2 nitrogen and oxygen atoms in total. The van der Waals surface area contributed by atoms with Gasteiger partial charge < -0.3 is 4.74 Å². The van der Waals surface area contributed by atoms with E-state index in [1.807, 2.05) is 12.1 Å². The van der Waals surface area contributed by atoms with Crippen molar-refractivity contribution in [3.8, 4) is 5.75 Å². The maximum Gasteiger partial charge on any atom is 0.154 e. The highest BCUT2D eigenvalue weighted by Crippen LogP contribution is 2.37. The molecular formula is C15H17NOS. The molecule has 1 aliphatic rings. The lowest BCUT2D eigenvalue weighted by Gasteiger charge is -2.07. The molecule has 18 heavy (non-hydrogen) atoms. The van der Waals surface area contributed by atoms with Gasteiger partial charge in [-0.05, 0) is 24.0 Å². The number of benzene rings is 1. The lowest BCUT2D eigenvalue weighted by atomic mass is 10.1. The molecule has 3 heteroatoms. The smallest absolute Gasteiger partial charge is 0.154 e. The van der Waals surface area contributed by atoms with Crippen LogP contribution in [0.1, 0.15) is 48.6 Å². The minimum absolute atomic E-state index is 0.116. The molecule has 0 bridgehead atoms. The number of ether oxygens (including phenoxy) is 1. The largest absolute Gasteiger partial charge is 0.483 e. The zero-order chi connectivity index (χ0) is 12.5. The van der Waals surface area contributed by atoms with Crippen LogP contribution in [0.2, 0.25) is 0 Å². The van der Waals surface area contributed by atoms with E-state index in [1.54, 1.807) is 11.3 Å². The van der Waals surface area contributed by atoms with Crippen LogP contribution in [0.3, 0.4) is 0 Å². The van der Waals surface area contributed by atoms with Gasteiger partial charge >= 0.3 is 0 Å². The Hall–Kier alpha value is -1.35. The Labute approximate surface area is 112 Å². The first kappa shape index (κ1) is 11.7. The van der Waals surface area contributed by atoms with Crippen LogP contribution in [0.15, 0.2) is 29.6 Å². The van der Waals surface area contributed by atoms with E-state index in [0.29, 0.717) is 5.92 Å². The van der Waals surface area contributed by atoms with Gasteiger partial charge in [0.2, 0.25) is 0 Å². The molecule has 3 rings (SSSR count). The highest BCUT2D eigenvalue weighted by atomic mass is 32.1. The molecule has 2 heterocycles. The predicted octanol–water partition coefficient (Wildman–Crippen LogP) is 4.33. The number of hydrogen-bond donors (Lipinski definition) is 0. The molecular weight excluding hydrogens is 242 g/mol. The molecule has 2 atom stereocenters. The van der Waals surface area contributed by atoms with Crippen LogP contribution >= 0.6 is 11.3 Å². The Kier molecular flexibility index (Phi) is 3.08. The van der Waals surface area contributed by atoms with Gasteiger partial charge in [-0.3, -0.25) is 0 Å². The molecule has 0 fully saturated rings. The summed E-state index contributed by atoms with van der Waals surface area (Å²) >= 11 is 1.73. The second kappa shape index (κ2) is 4.73. The molecule has 0 amide bonds. The number of para-hydroxylation sites is 1. The van der Waals surface area contributed by atoms with Crippen molar-refractivity contribution in [3.63, 3.8) is 0 Å². The van der Waals surface area contributed by atoms with Gasteiger partial charge in [0.05, 0.1) is 5.69 Å². The molecule has 94 valence electrons. The first-order chi connectivity index (χ1) is 8.78. The Morgan fingerprint density at radius 1 is 1.44 bits per heavy atom. The first-order valence-corrected chi connectivity index (χ1v) is 7.35. The maximum atomic E-state index is 5.97. The normalized spacial score (nSPS) is 19.3. The monoisotopic (exact) mass is 259 g/mol. The van der Waals surface area contributed by atoms with Gasteiger partial charge in [0.25, 0.3) is 0 Å². The average Bonchev–Trinajstić information content (AvgIpc) is 3.03. The van der Waals surface area contributed by atoms with Gasteiger partial charge in [0.1, 0.15) is 10.8 Å². The second-order valence-corrected chi connectivity index (χ2v) is 5.73. The molecule has 1 aliphatic heterocycles. The zero-order valence-corrected chi connectivity index (χ0v) is 11.5. The van der Waals surface area contributed by atoms with Crippen LogP contribution in [0.4, 0.5) is 0 Å². The standard InChI is InChI=1S/C15H17NOS/c1-3-10(2)12-9-18-15(16-12)14-8-11-6-4-5-7-13(11)17-14/h4-7,9-10,14H,3,8H2,1-2H3. The molecule has 2 unspecified atom stereocenters. The zero-order valence-electron chi connectivity index (χ0n) is 10.7. The summed E-state index contributed by atoms with van der Waals surface area (Å²) in [6.45, 7) is 4.43.